The highest BCUT2D eigenvalue weighted by Gasteiger charge is 2.37. The van der Waals surface area contributed by atoms with Crippen molar-refractivity contribution in [1.82, 2.24) is 4.98 Å². The molecule has 0 spiro atoms. The molecule has 0 amide bonds. The molecule has 1 aliphatic heterocycles. The SMILES string of the molecule is CCOC(=O)c1cccc(-c2cc(-c3c(N4CCOCC4)sc4c3CC(C)(C)CC4=O)ccn2)c1. The normalized spacial score (nSPS) is 17.2. The number of carbonyl (C=O) groups excluding carboxylic acids is 2. The number of fused-ring (bicyclic) bond motifs is 1. The summed E-state index contributed by atoms with van der Waals surface area (Å²) < 4.78 is 10.8. The van der Waals surface area contributed by atoms with E-state index in [4.69, 9.17) is 9.47 Å². The largest absolute Gasteiger partial charge is 0.462 e. The number of ketones is 1. The fraction of sp³-hybridized carbons (Fsp3) is 0.393. The maximum absolute atomic E-state index is 13.1. The van der Waals surface area contributed by atoms with Crippen molar-refractivity contribution in [1.29, 1.82) is 0 Å². The molecule has 0 saturated carbocycles. The quantitative estimate of drug-likeness (QED) is 0.431. The number of morpholine rings is 1. The minimum Gasteiger partial charge on any atom is -0.462 e. The molecule has 2 aromatic heterocycles. The molecule has 3 heterocycles. The van der Waals surface area contributed by atoms with Crippen molar-refractivity contribution in [3.8, 4) is 22.4 Å². The number of nitrogens with zero attached hydrogens (tertiary/aromatic N) is 2. The van der Waals surface area contributed by atoms with Gasteiger partial charge in [-0.2, -0.15) is 0 Å². The number of anilines is 1. The van der Waals surface area contributed by atoms with Crippen LogP contribution in [-0.4, -0.2) is 49.6 Å². The van der Waals surface area contributed by atoms with Crippen LogP contribution in [0.5, 0.6) is 0 Å². The number of hydrogen-bond acceptors (Lipinski definition) is 7. The fourth-order valence-electron chi connectivity index (χ4n) is 4.95. The van der Waals surface area contributed by atoms with Crippen molar-refractivity contribution >= 4 is 28.1 Å². The van der Waals surface area contributed by atoms with Crippen LogP contribution in [0.15, 0.2) is 42.6 Å². The summed E-state index contributed by atoms with van der Waals surface area (Å²) in [6.07, 6.45) is 3.25. The van der Waals surface area contributed by atoms with E-state index in [1.54, 1.807) is 24.3 Å². The molecule has 0 bridgehead atoms. The average molecular weight is 491 g/mol. The Labute approximate surface area is 209 Å². The molecule has 2 aliphatic rings. The lowest BCUT2D eigenvalue weighted by Gasteiger charge is -2.30. The molecular formula is C28H30N2O4S. The maximum Gasteiger partial charge on any atom is 0.338 e. The topological polar surface area (TPSA) is 68.7 Å². The van der Waals surface area contributed by atoms with Crippen LogP contribution in [0.4, 0.5) is 5.00 Å². The zero-order valence-corrected chi connectivity index (χ0v) is 21.2. The Hall–Kier alpha value is -3.03. The number of esters is 1. The lowest BCUT2D eigenvalue weighted by molar-refractivity contribution is 0.0526. The van der Waals surface area contributed by atoms with Crippen LogP contribution in [0.2, 0.25) is 0 Å². The number of aromatic nitrogens is 1. The van der Waals surface area contributed by atoms with E-state index in [0.29, 0.717) is 31.8 Å². The second kappa shape index (κ2) is 9.55. The van der Waals surface area contributed by atoms with E-state index in [-0.39, 0.29) is 17.2 Å². The highest BCUT2D eigenvalue weighted by molar-refractivity contribution is 7.19. The summed E-state index contributed by atoms with van der Waals surface area (Å²) in [4.78, 5) is 33.3. The molecule has 1 aromatic carbocycles. The van der Waals surface area contributed by atoms with Gasteiger partial charge in [-0.1, -0.05) is 26.0 Å². The average Bonchev–Trinajstić information content (AvgIpc) is 3.23. The van der Waals surface area contributed by atoms with Crippen LogP contribution in [0.25, 0.3) is 22.4 Å². The molecular weight excluding hydrogens is 460 g/mol. The van der Waals surface area contributed by atoms with E-state index in [2.05, 4.69) is 29.8 Å². The molecule has 182 valence electrons. The van der Waals surface area contributed by atoms with E-state index in [1.165, 1.54) is 0 Å². The van der Waals surface area contributed by atoms with Gasteiger partial charge in [0.15, 0.2) is 5.78 Å². The Balaban J connectivity index is 1.61. The Morgan fingerprint density at radius 3 is 2.71 bits per heavy atom. The zero-order valence-electron chi connectivity index (χ0n) is 20.4. The summed E-state index contributed by atoms with van der Waals surface area (Å²) in [5, 5.41) is 1.14. The molecule has 1 fully saturated rings. The van der Waals surface area contributed by atoms with Gasteiger partial charge in [0.1, 0.15) is 0 Å². The summed E-state index contributed by atoms with van der Waals surface area (Å²) in [5.74, 6) is -0.105. The molecule has 0 radical (unpaired) electrons. The Morgan fingerprint density at radius 2 is 1.94 bits per heavy atom. The Bertz CT molecular complexity index is 1270. The van der Waals surface area contributed by atoms with Gasteiger partial charge >= 0.3 is 5.97 Å². The standard InChI is InChI=1S/C28H30N2O4S/c1-4-34-27(32)20-7-5-6-18(14-20)22-15-19(8-9-29-22)24-21-16-28(2,3)17-23(31)25(21)35-26(24)30-10-12-33-13-11-30/h5-9,14-15H,4,10-13,16-17H2,1-3H3. The molecule has 1 aliphatic carbocycles. The summed E-state index contributed by atoms with van der Waals surface area (Å²) in [7, 11) is 0. The van der Waals surface area contributed by atoms with Gasteiger partial charge in [-0.05, 0) is 54.2 Å². The van der Waals surface area contributed by atoms with Gasteiger partial charge in [0, 0.05) is 36.8 Å². The van der Waals surface area contributed by atoms with Gasteiger partial charge < -0.3 is 14.4 Å². The lowest BCUT2D eigenvalue weighted by Crippen LogP contribution is -2.36. The van der Waals surface area contributed by atoms with Crippen molar-refractivity contribution in [2.24, 2.45) is 5.41 Å². The van der Waals surface area contributed by atoms with E-state index in [9.17, 15) is 9.59 Å². The second-order valence-corrected chi connectivity index (χ2v) is 10.9. The van der Waals surface area contributed by atoms with E-state index in [1.807, 2.05) is 30.5 Å². The molecule has 0 atom stereocenters. The van der Waals surface area contributed by atoms with E-state index >= 15 is 0 Å². The first kappa shape index (κ1) is 23.7. The van der Waals surface area contributed by atoms with Crippen molar-refractivity contribution in [2.45, 2.75) is 33.6 Å². The summed E-state index contributed by atoms with van der Waals surface area (Å²) in [5.41, 5.74) is 5.39. The predicted molar refractivity (Wildman–Crippen MR) is 138 cm³/mol. The maximum atomic E-state index is 13.1. The number of pyridine rings is 1. The predicted octanol–water partition coefficient (Wildman–Crippen LogP) is 5.65. The number of carbonyl (C=O) groups is 2. The number of benzene rings is 1. The monoisotopic (exact) mass is 490 g/mol. The number of hydrogen-bond donors (Lipinski definition) is 0. The van der Waals surface area contributed by atoms with Crippen molar-refractivity contribution in [3.05, 3.63) is 58.6 Å². The van der Waals surface area contributed by atoms with Gasteiger partial charge in [-0.15, -0.1) is 11.3 Å². The van der Waals surface area contributed by atoms with E-state index in [0.717, 1.165) is 57.3 Å². The van der Waals surface area contributed by atoms with Crippen molar-refractivity contribution < 1.29 is 19.1 Å². The molecule has 35 heavy (non-hydrogen) atoms. The van der Waals surface area contributed by atoms with Crippen LogP contribution >= 0.6 is 11.3 Å². The third-order valence-corrected chi connectivity index (χ3v) is 7.89. The lowest BCUT2D eigenvalue weighted by atomic mass is 9.75. The first-order chi connectivity index (χ1) is 16.9. The highest BCUT2D eigenvalue weighted by atomic mass is 32.1. The third kappa shape index (κ3) is 4.75. The molecule has 5 rings (SSSR count). The van der Waals surface area contributed by atoms with Crippen molar-refractivity contribution in [3.63, 3.8) is 0 Å². The number of ether oxygens (including phenoxy) is 2. The van der Waals surface area contributed by atoms with Crippen LogP contribution in [0.1, 0.15) is 52.8 Å². The third-order valence-electron chi connectivity index (χ3n) is 6.55. The van der Waals surface area contributed by atoms with Crippen LogP contribution in [0.3, 0.4) is 0 Å². The molecule has 0 N–H and O–H groups in total. The van der Waals surface area contributed by atoms with E-state index < -0.39 is 0 Å². The fourth-order valence-corrected chi connectivity index (χ4v) is 6.28. The Morgan fingerprint density at radius 1 is 1.14 bits per heavy atom. The molecule has 6 nitrogen and oxygen atoms in total. The number of thiophene rings is 1. The van der Waals surface area contributed by atoms with Crippen LogP contribution < -0.4 is 4.90 Å². The minimum atomic E-state index is -0.340. The van der Waals surface area contributed by atoms with Crippen LogP contribution in [0, 0.1) is 5.41 Å². The van der Waals surface area contributed by atoms with Gasteiger partial charge in [-0.25, -0.2) is 4.79 Å². The molecule has 0 unspecified atom stereocenters. The molecule has 7 heteroatoms. The number of rotatable bonds is 5. The van der Waals surface area contributed by atoms with Crippen molar-refractivity contribution in [2.75, 3.05) is 37.8 Å². The number of Topliss-reactive ketones (excluding diaryl/α,β-unsaturated/α-hetero) is 1. The highest BCUT2D eigenvalue weighted by Crippen LogP contribution is 2.49. The molecule has 3 aromatic rings. The van der Waals surface area contributed by atoms with Gasteiger partial charge in [-0.3, -0.25) is 9.78 Å². The van der Waals surface area contributed by atoms with Crippen LogP contribution in [-0.2, 0) is 15.9 Å². The summed E-state index contributed by atoms with van der Waals surface area (Å²) >= 11 is 1.62. The zero-order chi connectivity index (χ0) is 24.6. The summed E-state index contributed by atoms with van der Waals surface area (Å²) in [6, 6.07) is 11.5. The Kier molecular flexibility index (Phi) is 6.47. The minimum absolute atomic E-state index is 0.0774. The van der Waals surface area contributed by atoms with Gasteiger partial charge in [0.2, 0.25) is 0 Å². The summed E-state index contributed by atoms with van der Waals surface area (Å²) in [6.45, 7) is 9.46. The van der Waals surface area contributed by atoms with Gasteiger partial charge in [0.25, 0.3) is 0 Å². The molecule has 1 saturated heterocycles. The second-order valence-electron chi connectivity index (χ2n) is 9.86. The van der Waals surface area contributed by atoms with Gasteiger partial charge in [0.05, 0.1) is 41.0 Å². The smallest absolute Gasteiger partial charge is 0.338 e. The first-order valence-corrected chi connectivity index (χ1v) is 12.9. The first-order valence-electron chi connectivity index (χ1n) is 12.1.